The largest absolute Gasteiger partial charge is 0.346 e. The smallest absolute Gasteiger partial charge is 0.251 e. The zero-order valence-electron chi connectivity index (χ0n) is 17.4. The highest BCUT2D eigenvalue weighted by Crippen LogP contribution is 2.22. The molecule has 5 nitrogen and oxygen atoms in total. The van der Waals surface area contributed by atoms with Crippen LogP contribution in [-0.2, 0) is 16.6 Å². The van der Waals surface area contributed by atoms with Crippen molar-refractivity contribution in [2.45, 2.75) is 26.4 Å². The first-order chi connectivity index (χ1) is 14.2. The fraction of sp³-hybridized carbons (Fsp3) is 0.208. The third-order valence-corrected chi connectivity index (χ3v) is 6.05. The lowest BCUT2D eigenvalue weighted by molar-refractivity contribution is 0.0940. The Kier molecular flexibility index (Phi) is 6.57. The van der Waals surface area contributed by atoms with Crippen LogP contribution < -0.4 is 9.62 Å². The van der Waals surface area contributed by atoms with Crippen LogP contribution in [0.4, 0.5) is 5.69 Å². The van der Waals surface area contributed by atoms with Crippen LogP contribution in [0.1, 0.15) is 40.0 Å². The van der Waals surface area contributed by atoms with Crippen molar-refractivity contribution in [1.29, 1.82) is 0 Å². The number of rotatable bonds is 7. The fourth-order valence-corrected chi connectivity index (χ4v) is 4.04. The standard InChI is InChI=1S/C24H26N2O3S/c1-18-9-11-21(12-10-18)19(2)25-24(27)22-13-15-23(16-14-22)26(30(3,28)29)17-20-7-5-4-6-8-20/h4-16,19H,17H2,1-3H3,(H,25,27)/t19-/m1/s1. The molecule has 0 saturated carbocycles. The van der Waals surface area contributed by atoms with Gasteiger partial charge in [-0.25, -0.2) is 8.42 Å². The molecule has 0 bridgehead atoms. The monoisotopic (exact) mass is 422 g/mol. The summed E-state index contributed by atoms with van der Waals surface area (Å²) < 4.78 is 26.0. The maximum atomic E-state index is 12.6. The summed E-state index contributed by atoms with van der Waals surface area (Å²) in [6.07, 6.45) is 1.18. The SMILES string of the molecule is Cc1ccc([C@@H](C)NC(=O)c2ccc(N(Cc3ccccc3)S(C)(=O)=O)cc2)cc1. The molecule has 3 rings (SSSR count). The molecule has 0 aliphatic rings. The van der Waals surface area contributed by atoms with Crippen LogP contribution in [-0.4, -0.2) is 20.6 Å². The molecule has 0 unspecified atom stereocenters. The van der Waals surface area contributed by atoms with Crippen LogP contribution in [0.2, 0.25) is 0 Å². The normalized spacial score (nSPS) is 12.2. The van der Waals surface area contributed by atoms with E-state index < -0.39 is 10.0 Å². The molecule has 30 heavy (non-hydrogen) atoms. The van der Waals surface area contributed by atoms with Crippen LogP contribution in [0.5, 0.6) is 0 Å². The average Bonchev–Trinajstić information content (AvgIpc) is 2.72. The van der Waals surface area contributed by atoms with Gasteiger partial charge in [-0.3, -0.25) is 9.10 Å². The van der Waals surface area contributed by atoms with Gasteiger partial charge in [-0.15, -0.1) is 0 Å². The topological polar surface area (TPSA) is 66.5 Å². The number of hydrogen-bond acceptors (Lipinski definition) is 3. The molecule has 3 aromatic rings. The third-order valence-electron chi connectivity index (χ3n) is 4.91. The molecule has 0 radical (unpaired) electrons. The maximum absolute atomic E-state index is 12.6. The first-order valence-electron chi connectivity index (χ1n) is 9.73. The van der Waals surface area contributed by atoms with Crippen LogP contribution in [0.15, 0.2) is 78.9 Å². The molecule has 0 spiro atoms. The molecule has 0 aliphatic carbocycles. The van der Waals surface area contributed by atoms with Gasteiger partial charge in [-0.2, -0.15) is 0 Å². The van der Waals surface area contributed by atoms with E-state index in [1.807, 2.05) is 68.4 Å². The van der Waals surface area contributed by atoms with Gasteiger partial charge >= 0.3 is 0 Å². The highest BCUT2D eigenvalue weighted by Gasteiger charge is 2.19. The number of sulfonamides is 1. The number of aryl methyl sites for hydroxylation is 1. The van der Waals surface area contributed by atoms with Gasteiger partial charge in [0.05, 0.1) is 24.5 Å². The van der Waals surface area contributed by atoms with E-state index in [-0.39, 0.29) is 18.5 Å². The van der Waals surface area contributed by atoms with Crippen molar-refractivity contribution in [2.24, 2.45) is 0 Å². The summed E-state index contributed by atoms with van der Waals surface area (Å²) in [5, 5.41) is 2.98. The van der Waals surface area contributed by atoms with Crippen LogP contribution in [0, 0.1) is 6.92 Å². The van der Waals surface area contributed by atoms with Gasteiger partial charge in [-0.05, 0) is 49.2 Å². The molecule has 3 aromatic carbocycles. The summed E-state index contributed by atoms with van der Waals surface area (Å²) in [6.45, 7) is 4.18. The number of nitrogens with one attached hydrogen (secondary N) is 1. The summed E-state index contributed by atoms with van der Waals surface area (Å²) >= 11 is 0. The molecule has 0 aliphatic heterocycles. The van der Waals surface area contributed by atoms with Gasteiger partial charge in [0.1, 0.15) is 0 Å². The van der Waals surface area contributed by atoms with Crippen molar-refractivity contribution < 1.29 is 13.2 Å². The minimum Gasteiger partial charge on any atom is -0.346 e. The van der Waals surface area contributed by atoms with Crippen molar-refractivity contribution >= 4 is 21.6 Å². The zero-order valence-corrected chi connectivity index (χ0v) is 18.2. The van der Waals surface area contributed by atoms with Crippen molar-refractivity contribution in [3.8, 4) is 0 Å². The van der Waals surface area contributed by atoms with E-state index in [1.165, 1.54) is 16.1 Å². The summed E-state index contributed by atoms with van der Waals surface area (Å²) in [5.41, 5.74) is 4.07. The Bertz CT molecular complexity index is 1090. The summed E-state index contributed by atoms with van der Waals surface area (Å²) in [6, 6.07) is 23.9. The van der Waals surface area contributed by atoms with Crippen LogP contribution in [0.25, 0.3) is 0 Å². The molecule has 0 saturated heterocycles. The summed E-state index contributed by atoms with van der Waals surface area (Å²) in [4.78, 5) is 12.6. The highest BCUT2D eigenvalue weighted by atomic mass is 32.2. The van der Waals surface area contributed by atoms with Gasteiger partial charge in [-0.1, -0.05) is 60.2 Å². The highest BCUT2D eigenvalue weighted by molar-refractivity contribution is 7.92. The zero-order chi connectivity index (χ0) is 21.7. The number of carbonyl (C=O) groups is 1. The lowest BCUT2D eigenvalue weighted by Crippen LogP contribution is -2.29. The van der Waals surface area contributed by atoms with Crippen molar-refractivity contribution in [3.05, 3.63) is 101 Å². The van der Waals surface area contributed by atoms with Crippen molar-refractivity contribution in [1.82, 2.24) is 5.32 Å². The van der Waals surface area contributed by atoms with Crippen molar-refractivity contribution in [3.63, 3.8) is 0 Å². The van der Waals surface area contributed by atoms with Crippen LogP contribution >= 0.6 is 0 Å². The Labute approximate surface area is 178 Å². The average molecular weight is 423 g/mol. The molecule has 0 heterocycles. The van der Waals surface area contributed by atoms with E-state index in [2.05, 4.69) is 5.32 Å². The quantitative estimate of drug-likeness (QED) is 0.612. The number of hydrogen-bond donors (Lipinski definition) is 1. The minimum atomic E-state index is -3.48. The van der Waals surface area contributed by atoms with E-state index in [0.717, 1.165) is 11.1 Å². The van der Waals surface area contributed by atoms with Crippen molar-refractivity contribution in [2.75, 3.05) is 10.6 Å². The van der Waals surface area contributed by atoms with Gasteiger partial charge in [0, 0.05) is 5.56 Å². The van der Waals surface area contributed by atoms with E-state index >= 15 is 0 Å². The van der Waals surface area contributed by atoms with Gasteiger partial charge < -0.3 is 5.32 Å². The van der Waals surface area contributed by atoms with E-state index in [0.29, 0.717) is 11.3 Å². The Balaban J connectivity index is 1.74. The third kappa shape index (κ3) is 5.48. The summed E-state index contributed by atoms with van der Waals surface area (Å²) in [7, 11) is -3.48. The molecule has 1 atom stereocenters. The second kappa shape index (κ2) is 9.13. The van der Waals surface area contributed by atoms with Crippen LogP contribution in [0.3, 0.4) is 0 Å². The number of nitrogens with zero attached hydrogens (tertiary/aromatic N) is 1. The lowest BCUT2D eigenvalue weighted by Gasteiger charge is -2.23. The minimum absolute atomic E-state index is 0.136. The predicted molar refractivity (Wildman–Crippen MR) is 121 cm³/mol. The molecular weight excluding hydrogens is 396 g/mol. The van der Waals surface area contributed by atoms with Gasteiger partial charge in [0.2, 0.25) is 10.0 Å². The van der Waals surface area contributed by atoms with Gasteiger partial charge in [0.15, 0.2) is 0 Å². The second-order valence-corrected chi connectivity index (χ2v) is 9.31. The predicted octanol–water partition coefficient (Wildman–Crippen LogP) is 4.45. The van der Waals surface area contributed by atoms with Gasteiger partial charge in [0.25, 0.3) is 5.91 Å². The maximum Gasteiger partial charge on any atom is 0.251 e. The fourth-order valence-electron chi connectivity index (χ4n) is 3.15. The molecule has 0 aromatic heterocycles. The number of carbonyl (C=O) groups excluding carboxylic acids is 1. The first kappa shape index (κ1) is 21.6. The number of benzene rings is 3. The molecule has 6 heteroatoms. The number of amides is 1. The van der Waals surface area contributed by atoms with E-state index in [9.17, 15) is 13.2 Å². The molecule has 1 amide bonds. The Hall–Kier alpha value is -3.12. The molecule has 156 valence electrons. The summed E-state index contributed by atoms with van der Waals surface area (Å²) in [5.74, 6) is -0.205. The van der Waals surface area contributed by atoms with E-state index in [4.69, 9.17) is 0 Å². The second-order valence-electron chi connectivity index (χ2n) is 7.41. The Morgan fingerprint density at radius 3 is 2.10 bits per heavy atom. The molecular formula is C24H26N2O3S. The first-order valence-corrected chi connectivity index (χ1v) is 11.6. The lowest BCUT2D eigenvalue weighted by atomic mass is 10.1. The molecule has 0 fully saturated rings. The number of anilines is 1. The Morgan fingerprint density at radius 2 is 1.53 bits per heavy atom. The van der Waals surface area contributed by atoms with E-state index in [1.54, 1.807) is 24.3 Å². The molecule has 1 N–H and O–H groups in total. The Morgan fingerprint density at radius 1 is 0.933 bits per heavy atom.